The molecule has 0 radical (unpaired) electrons. The van der Waals surface area contributed by atoms with Crippen molar-refractivity contribution in [3.05, 3.63) is 54.1 Å². The van der Waals surface area contributed by atoms with E-state index in [1.54, 1.807) is 0 Å². The van der Waals surface area contributed by atoms with Gasteiger partial charge >= 0.3 is 0 Å². The predicted octanol–water partition coefficient (Wildman–Crippen LogP) is 4.36. The molecule has 0 aromatic heterocycles. The zero-order chi connectivity index (χ0) is 18.0. The minimum Gasteiger partial charge on any atom is -0.488 e. The third-order valence-corrected chi connectivity index (χ3v) is 3.74. The minimum atomic E-state index is -0.658. The van der Waals surface area contributed by atoms with Gasteiger partial charge in [-0.2, -0.15) is 0 Å². The van der Waals surface area contributed by atoms with Crippen LogP contribution >= 0.6 is 0 Å². The lowest BCUT2D eigenvalue weighted by atomic mass is 9.83. The number of rotatable bonds is 4. The maximum absolute atomic E-state index is 12.7. The van der Waals surface area contributed by atoms with Crippen molar-refractivity contribution in [2.45, 2.75) is 45.6 Å². The number of anilines is 2. The Morgan fingerprint density at radius 2 is 1.46 bits per heavy atom. The molecule has 1 amide bonds. The molecular weight excluding hydrogens is 300 g/mol. The van der Waals surface area contributed by atoms with E-state index in [4.69, 9.17) is 10.5 Å². The van der Waals surface area contributed by atoms with Gasteiger partial charge in [0.1, 0.15) is 11.4 Å². The van der Waals surface area contributed by atoms with E-state index in [1.165, 1.54) is 0 Å². The van der Waals surface area contributed by atoms with Crippen LogP contribution in [0.1, 0.15) is 40.2 Å². The first kappa shape index (κ1) is 17.9. The van der Waals surface area contributed by atoms with Crippen LogP contribution in [-0.4, -0.2) is 11.5 Å². The number of hydrogen-bond donors (Lipinski definition) is 2. The Bertz CT molecular complexity index is 696. The van der Waals surface area contributed by atoms with Crippen LogP contribution in [0.2, 0.25) is 0 Å². The molecule has 0 fully saturated rings. The predicted molar refractivity (Wildman–Crippen MR) is 99.3 cm³/mol. The number of hydrogen-bond acceptors (Lipinski definition) is 3. The van der Waals surface area contributed by atoms with Gasteiger partial charge in [-0.3, -0.25) is 4.79 Å². The first-order valence-electron chi connectivity index (χ1n) is 8.04. The maximum Gasteiger partial charge on any atom is 0.234 e. The summed E-state index contributed by atoms with van der Waals surface area (Å²) in [5, 5.41) is 2.96. The van der Waals surface area contributed by atoms with Crippen molar-refractivity contribution in [3.8, 4) is 5.75 Å². The highest BCUT2D eigenvalue weighted by Crippen LogP contribution is 2.27. The van der Waals surface area contributed by atoms with Crippen molar-refractivity contribution in [2.75, 3.05) is 11.1 Å². The third kappa shape index (κ3) is 4.51. The first-order valence-corrected chi connectivity index (χ1v) is 8.04. The van der Waals surface area contributed by atoms with Gasteiger partial charge in [-0.05, 0) is 76.6 Å². The van der Waals surface area contributed by atoms with Gasteiger partial charge in [0.2, 0.25) is 5.91 Å². The van der Waals surface area contributed by atoms with Gasteiger partial charge in [0.15, 0.2) is 0 Å². The van der Waals surface area contributed by atoms with E-state index in [-0.39, 0.29) is 11.5 Å². The number of nitrogens with one attached hydrogen (secondary N) is 1. The van der Waals surface area contributed by atoms with Crippen molar-refractivity contribution in [3.63, 3.8) is 0 Å². The van der Waals surface area contributed by atoms with E-state index >= 15 is 0 Å². The second-order valence-electron chi connectivity index (χ2n) is 7.44. The van der Waals surface area contributed by atoms with E-state index in [2.05, 4.69) is 5.32 Å². The Hall–Kier alpha value is -2.49. The van der Waals surface area contributed by atoms with Crippen molar-refractivity contribution in [2.24, 2.45) is 0 Å². The number of ether oxygens (including phenoxy) is 1. The van der Waals surface area contributed by atoms with Crippen LogP contribution in [0.5, 0.6) is 5.75 Å². The molecule has 0 atom stereocenters. The molecule has 0 heterocycles. The van der Waals surface area contributed by atoms with Crippen LogP contribution < -0.4 is 15.8 Å². The summed E-state index contributed by atoms with van der Waals surface area (Å²) in [6.45, 7) is 9.78. The maximum atomic E-state index is 12.7. The average Bonchev–Trinajstić information content (AvgIpc) is 2.48. The minimum absolute atomic E-state index is 0.0724. The number of carbonyl (C=O) groups is 1. The van der Waals surface area contributed by atoms with Crippen LogP contribution in [-0.2, 0) is 10.2 Å². The second kappa shape index (κ2) is 6.56. The lowest BCUT2D eigenvalue weighted by Gasteiger charge is -2.25. The number of benzene rings is 2. The third-order valence-electron chi connectivity index (χ3n) is 3.74. The molecule has 0 saturated carbocycles. The van der Waals surface area contributed by atoms with Crippen LogP contribution in [0.3, 0.4) is 0 Å². The lowest BCUT2D eigenvalue weighted by molar-refractivity contribution is -0.120. The number of carbonyl (C=O) groups excluding carboxylic acids is 1. The molecule has 0 spiro atoms. The monoisotopic (exact) mass is 326 g/mol. The molecule has 2 rings (SSSR count). The summed E-state index contributed by atoms with van der Waals surface area (Å²) in [7, 11) is 0. The van der Waals surface area contributed by atoms with Gasteiger partial charge in [-0.15, -0.1) is 0 Å². The van der Waals surface area contributed by atoms with E-state index in [9.17, 15) is 4.79 Å². The molecule has 4 nitrogen and oxygen atoms in total. The van der Waals surface area contributed by atoms with Crippen LogP contribution in [0.15, 0.2) is 48.5 Å². The average molecular weight is 326 g/mol. The van der Waals surface area contributed by atoms with Gasteiger partial charge in [-0.1, -0.05) is 12.1 Å². The Kier molecular flexibility index (Phi) is 4.88. The zero-order valence-corrected chi connectivity index (χ0v) is 15.0. The van der Waals surface area contributed by atoms with Crippen LogP contribution in [0.25, 0.3) is 0 Å². The Morgan fingerprint density at radius 3 is 1.96 bits per heavy atom. The summed E-state index contributed by atoms with van der Waals surface area (Å²) < 4.78 is 5.78. The molecule has 0 aliphatic carbocycles. The Balaban J connectivity index is 2.09. The van der Waals surface area contributed by atoms with E-state index in [1.807, 2.05) is 83.1 Å². The standard InChI is InChI=1S/C20H26N2O2/c1-19(2,3)24-17-12-10-16(11-13-17)22-18(23)20(4,5)14-6-8-15(21)9-7-14/h6-13H,21H2,1-5H3,(H,22,23). The molecule has 0 bridgehead atoms. The summed E-state index contributed by atoms with van der Waals surface area (Å²) in [6.07, 6.45) is 0. The number of amides is 1. The molecular formula is C20H26N2O2. The molecule has 128 valence electrons. The summed E-state index contributed by atoms with van der Waals surface area (Å²) in [6, 6.07) is 14.8. The number of nitrogens with two attached hydrogens (primary N) is 1. The number of nitrogen functional groups attached to an aromatic ring is 1. The molecule has 0 aliphatic heterocycles. The summed E-state index contributed by atoms with van der Waals surface area (Å²) in [5.41, 5.74) is 7.15. The van der Waals surface area contributed by atoms with Gasteiger partial charge in [-0.25, -0.2) is 0 Å². The molecule has 0 saturated heterocycles. The molecule has 3 N–H and O–H groups in total. The van der Waals surface area contributed by atoms with Gasteiger partial charge in [0.25, 0.3) is 0 Å². The Labute approximate surface area is 144 Å². The largest absolute Gasteiger partial charge is 0.488 e. The van der Waals surface area contributed by atoms with Crippen LogP contribution in [0.4, 0.5) is 11.4 Å². The zero-order valence-electron chi connectivity index (χ0n) is 15.0. The second-order valence-corrected chi connectivity index (χ2v) is 7.44. The summed E-state index contributed by atoms with van der Waals surface area (Å²) >= 11 is 0. The fourth-order valence-electron chi connectivity index (χ4n) is 2.28. The fraction of sp³-hybridized carbons (Fsp3) is 0.350. The van der Waals surface area contributed by atoms with Crippen molar-refractivity contribution < 1.29 is 9.53 Å². The summed E-state index contributed by atoms with van der Waals surface area (Å²) in [5.74, 6) is 0.704. The fourth-order valence-corrected chi connectivity index (χ4v) is 2.28. The molecule has 4 heteroatoms. The molecule has 2 aromatic carbocycles. The van der Waals surface area contributed by atoms with E-state index < -0.39 is 5.41 Å². The quantitative estimate of drug-likeness (QED) is 0.820. The summed E-state index contributed by atoms with van der Waals surface area (Å²) in [4.78, 5) is 12.7. The highest BCUT2D eigenvalue weighted by Gasteiger charge is 2.29. The van der Waals surface area contributed by atoms with Gasteiger partial charge in [0.05, 0.1) is 5.41 Å². The highest BCUT2D eigenvalue weighted by atomic mass is 16.5. The Morgan fingerprint density at radius 1 is 0.917 bits per heavy atom. The van der Waals surface area contributed by atoms with Gasteiger partial charge in [0, 0.05) is 11.4 Å². The lowest BCUT2D eigenvalue weighted by Crippen LogP contribution is -2.34. The van der Waals surface area contributed by atoms with Crippen molar-refractivity contribution in [1.82, 2.24) is 0 Å². The van der Waals surface area contributed by atoms with E-state index in [0.717, 1.165) is 17.0 Å². The van der Waals surface area contributed by atoms with Crippen LogP contribution in [0, 0.1) is 0 Å². The van der Waals surface area contributed by atoms with E-state index in [0.29, 0.717) is 5.69 Å². The highest BCUT2D eigenvalue weighted by molar-refractivity contribution is 5.98. The van der Waals surface area contributed by atoms with Crippen molar-refractivity contribution in [1.29, 1.82) is 0 Å². The molecule has 0 aliphatic rings. The van der Waals surface area contributed by atoms with Gasteiger partial charge < -0.3 is 15.8 Å². The SMILES string of the molecule is CC(C)(C)Oc1ccc(NC(=O)C(C)(C)c2ccc(N)cc2)cc1. The topological polar surface area (TPSA) is 64.3 Å². The first-order chi connectivity index (χ1) is 11.1. The van der Waals surface area contributed by atoms with Crippen molar-refractivity contribution >= 4 is 17.3 Å². The molecule has 24 heavy (non-hydrogen) atoms. The normalized spacial score (nSPS) is 11.9. The molecule has 0 unspecified atom stereocenters. The smallest absolute Gasteiger partial charge is 0.234 e. The molecule has 2 aromatic rings.